The van der Waals surface area contributed by atoms with Crippen LogP contribution in [-0.2, 0) is 0 Å². The Morgan fingerprint density at radius 2 is 1.38 bits per heavy atom. The molecule has 0 bridgehead atoms. The number of nitrogens with zero attached hydrogens (tertiary/aromatic N) is 2. The summed E-state index contributed by atoms with van der Waals surface area (Å²) in [4.78, 5) is 4.74. The summed E-state index contributed by atoms with van der Waals surface area (Å²) in [5, 5.41) is 6.60. The Balaban J connectivity index is 3.38. The molecular formula is C12H30N4. The van der Waals surface area contributed by atoms with Gasteiger partial charge in [0.2, 0.25) is 0 Å². The molecule has 0 aromatic carbocycles. The summed E-state index contributed by atoms with van der Waals surface area (Å²) in [5.41, 5.74) is 0. The largest absolute Gasteiger partial charge is 0.318 e. The molecular weight excluding hydrogens is 200 g/mol. The molecule has 0 spiro atoms. The van der Waals surface area contributed by atoms with Crippen molar-refractivity contribution in [1.82, 2.24) is 20.4 Å². The van der Waals surface area contributed by atoms with Crippen LogP contribution in [0.4, 0.5) is 0 Å². The smallest absolute Gasteiger partial charge is 0.0107 e. The normalized spacial score (nSPS) is 12.0. The summed E-state index contributed by atoms with van der Waals surface area (Å²) >= 11 is 0. The average molecular weight is 230 g/mol. The number of hydrogen-bond donors (Lipinski definition) is 2. The minimum absolute atomic E-state index is 0.590. The topological polar surface area (TPSA) is 30.5 Å². The minimum Gasteiger partial charge on any atom is -0.318 e. The predicted molar refractivity (Wildman–Crippen MR) is 72.1 cm³/mol. The molecule has 4 nitrogen and oxygen atoms in total. The lowest BCUT2D eigenvalue weighted by molar-refractivity contribution is 0.256. The fourth-order valence-electron chi connectivity index (χ4n) is 1.41. The third-order valence-corrected chi connectivity index (χ3v) is 2.65. The number of likely N-dealkylation sites (N-methyl/N-ethyl adjacent to an activating group) is 3. The van der Waals surface area contributed by atoms with Crippen LogP contribution in [0.2, 0.25) is 0 Å². The monoisotopic (exact) mass is 230 g/mol. The van der Waals surface area contributed by atoms with Crippen LogP contribution in [0.3, 0.4) is 0 Å². The highest BCUT2D eigenvalue weighted by molar-refractivity contribution is 4.60. The predicted octanol–water partition coefficient (Wildman–Crippen LogP) is 0.0674. The van der Waals surface area contributed by atoms with Gasteiger partial charge in [-0.2, -0.15) is 0 Å². The Kier molecular flexibility index (Phi) is 9.92. The molecule has 0 atom stereocenters. The summed E-state index contributed by atoms with van der Waals surface area (Å²) in [6.45, 7) is 11.0. The molecule has 0 rings (SSSR count). The molecule has 0 saturated carbocycles. The van der Waals surface area contributed by atoms with Gasteiger partial charge in [0.25, 0.3) is 0 Å². The first-order valence-corrected chi connectivity index (χ1v) is 6.31. The van der Waals surface area contributed by atoms with Crippen LogP contribution in [0.15, 0.2) is 0 Å². The van der Waals surface area contributed by atoms with Gasteiger partial charge in [-0.3, -0.25) is 0 Å². The zero-order valence-electron chi connectivity index (χ0n) is 11.7. The molecule has 2 N–H and O–H groups in total. The summed E-state index contributed by atoms with van der Waals surface area (Å²) < 4.78 is 0. The van der Waals surface area contributed by atoms with Crippen molar-refractivity contribution in [3.05, 3.63) is 0 Å². The van der Waals surface area contributed by atoms with E-state index >= 15 is 0 Å². The fourth-order valence-corrected chi connectivity index (χ4v) is 1.41. The van der Waals surface area contributed by atoms with Gasteiger partial charge in [0.15, 0.2) is 0 Å². The summed E-state index contributed by atoms with van der Waals surface area (Å²) in [6.07, 6.45) is 0. The maximum absolute atomic E-state index is 3.43. The molecule has 98 valence electrons. The maximum Gasteiger partial charge on any atom is 0.0107 e. The number of rotatable bonds is 10. The van der Waals surface area contributed by atoms with Crippen molar-refractivity contribution < 1.29 is 0 Å². The second-order valence-corrected chi connectivity index (χ2v) is 4.82. The van der Waals surface area contributed by atoms with E-state index in [0.717, 1.165) is 39.3 Å². The maximum atomic E-state index is 3.43. The van der Waals surface area contributed by atoms with Gasteiger partial charge >= 0.3 is 0 Å². The van der Waals surface area contributed by atoms with Crippen LogP contribution >= 0.6 is 0 Å². The molecule has 0 radical (unpaired) electrons. The lowest BCUT2D eigenvalue weighted by atomic mass is 10.4. The highest BCUT2D eigenvalue weighted by atomic mass is 15.2. The van der Waals surface area contributed by atoms with E-state index in [-0.39, 0.29) is 0 Å². The molecule has 0 heterocycles. The van der Waals surface area contributed by atoms with Gasteiger partial charge in [-0.15, -0.1) is 0 Å². The van der Waals surface area contributed by atoms with Crippen LogP contribution in [0.25, 0.3) is 0 Å². The van der Waals surface area contributed by atoms with Crippen molar-refractivity contribution in [2.24, 2.45) is 0 Å². The molecule has 4 heteroatoms. The van der Waals surface area contributed by atoms with Crippen molar-refractivity contribution in [1.29, 1.82) is 0 Å². The molecule has 0 aliphatic rings. The zero-order chi connectivity index (χ0) is 12.4. The summed E-state index contributed by atoms with van der Waals surface area (Å²) in [5.74, 6) is 0. The van der Waals surface area contributed by atoms with Crippen LogP contribution in [-0.4, -0.2) is 76.3 Å². The first kappa shape index (κ1) is 15.8. The van der Waals surface area contributed by atoms with E-state index in [2.05, 4.69) is 48.4 Å². The van der Waals surface area contributed by atoms with Gasteiger partial charge in [-0.05, 0) is 21.1 Å². The van der Waals surface area contributed by atoms with E-state index < -0.39 is 0 Å². The van der Waals surface area contributed by atoms with Gasteiger partial charge in [0.1, 0.15) is 0 Å². The Morgan fingerprint density at radius 3 is 1.81 bits per heavy atom. The van der Waals surface area contributed by atoms with Gasteiger partial charge in [-0.25, -0.2) is 0 Å². The first-order chi connectivity index (χ1) is 7.56. The fraction of sp³-hybridized carbons (Fsp3) is 1.00. The van der Waals surface area contributed by atoms with E-state index in [4.69, 9.17) is 0 Å². The van der Waals surface area contributed by atoms with Crippen LogP contribution < -0.4 is 10.6 Å². The van der Waals surface area contributed by atoms with E-state index in [1.165, 1.54) is 0 Å². The molecule has 0 aromatic rings. The van der Waals surface area contributed by atoms with Gasteiger partial charge in [-0.1, -0.05) is 13.8 Å². The Morgan fingerprint density at radius 1 is 0.875 bits per heavy atom. The Labute approximate surface area is 101 Å². The van der Waals surface area contributed by atoms with Crippen molar-refractivity contribution >= 4 is 0 Å². The highest BCUT2D eigenvalue weighted by Crippen LogP contribution is 1.86. The van der Waals surface area contributed by atoms with E-state index in [1.807, 2.05) is 7.05 Å². The van der Waals surface area contributed by atoms with Crippen molar-refractivity contribution in [2.45, 2.75) is 19.9 Å². The second kappa shape index (κ2) is 10.0. The summed E-state index contributed by atoms with van der Waals surface area (Å²) in [7, 11) is 6.36. The zero-order valence-corrected chi connectivity index (χ0v) is 11.7. The van der Waals surface area contributed by atoms with E-state index in [0.29, 0.717) is 6.04 Å². The standard InChI is InChI=1S/C12H30N4/c1-12(2)14-7-9-16(5)11-10-15(4)8-6-13-3/h12-14H,6-11H2,1-5H3. The van der Waals surface area contributed by atoms with Crippen molar-refractivity contribution in [3.8, 4) is 0 Å². The average Bonchev–Trinajstić information content (AvgIpc) is 2.23. The molecule has 16 heavy (non-hydrogen) atoms. The second-order valence-electron chi connectivity index (χ2n) is 4.82. The minimum atomic E-state index is 0.590. The molecule has 0 amide bonds. The van der Waals surface area contributed by atoms with Crippen LogP contribution in [0.5, 0.6) is 0 Å². The van der Waals surface area contributed by atoms with Gasteiger partial charge in [0.05, 0.1) is 0 Å². The Hall–Kier alpha value is -0.160. The number of nitrogens with one attached hydrogen (secondary N) is 2. The molecule has 0 aliphatic heterocycles. The van der Waals surface area contributed by atoms with Gasteiger partial charge < -0.3 is 20.4 Å². The number of hydrogen-bond acceptors (Lipinski definition) is 4. The molecule has 0 aliphatic carbocycles. The highest BCUT2D eigenvalue weighted by Gasteiger charge is 2.01. The Bertz CT molecular complexity index is 150. The van der Waals surface area contributed by atoms with E-state index in [1.54, 1.807) is 0 Å². The van der Waals surface area contributed by atoms with Crippen LogP contribution in [0.1, 0.15) is 13.8 Å². The van der Waals surface area contributed by atoms with Gasteiger partial charge in [0, 0.05) is 45.3 Å². The van der Waals surface area contributed by atoms with E-state index in [9.17, 15) is 0 Å². The lowest BCUT2D eigenvalue weighted by Crippen LogP contribution is -2.38. The summed E-state index contributed by atoms with van der Waals surface area (Å²) in [6, 6.07) is 0.590. The van der Waals surface area contributed by atoms with Crippen molar-refractivity contribution in [3.63, 3.8) is 0 Å². The molecule has 0 unspecified atom stereocenters. The first-order valence-electron chi connectivity index (χ1n) is 6.31. The van der Waals surface area contributed by atoms with Crippen LogP contribution in [0, 0.1) is 0 Å². The van der Waals surface area contributed by atoms with Crippen molar-refractivity contribution in [2.75, 3.05) is 60.4 Å². The third-order valence-electron chi connectivity index (χ3n) is 2.65. The quantitative estimate of drug-likeness (QED) is 0.556. The molecule has 0 aromatic heterocycles. The third kappa shape index (κ3) is 10.4. The molecule has 0 fully saturated rings. The lowest BCUT2D eigenvalue weighted by Gasteiger charge is -2.22. The molecule has 0 saturated heterocycles. The SMILES string of the molecule is CNCCN(C)CCN(C)CCNC(C)C.